The lowest BCUT2D eigenvalue weighted by atomic mass is 9.97. The Labute approximate surface area is 154 Å². The number of rotatable bonds is 4. The molecule has 0 unspecified atom stereocenters. The molecule has 1 heterocycles. The SMILES string of the molecule is Cc1ccc(C(F)(F)F)cc1-c1c(NC2CC2)oc(-c2ccccc2)c1O. The van der Waals surface area contributed by atoms with Crippen molar-refractivity contribution in [1.82, 2.24) is 0 Å². The number of anilines is 1. The van der Waals surface area contributed by atoms with Crippen LogP contribution in [-0.2, 0) is 6.18 Å². The summed E-state index contributed by atoms with van der Waals surface area (Å²) in [6.07, 6.45) is -2.54. The number of furan rings is 1. The van der Waals surface area contributed by atoms with E-state index in [4.69, 9.17) is 4.42 Å². The van der Waals surface area contributed by atoms with Crippen molar-refractivity contribution >= 4 is 5.88 Å². The van der Waals surface area contributed by atoms with E-state index in [1.165, 1.54) is 6.07 Å². The molecule has 1 aromatic heterocycles. The number of hydrogen-bond donors (Lipinski definition) is 2. The first-order valence-electron chi connectivity index (χ1n) is 8.70. The second-order valence-electron chi connectivity index (χ2n) is 6.80. The van der Waals surface area contributed by atoms with Crippen LogP contribution in [0.5, 0.6) is 5.75 Å². The van der Waals surface area contributed by atoms with E-state index in [0.717, 1.165) is 25.0 Å². The minimum absolute atomic E-state index is 0.160. The smallest absolute Gasteiger partial charge is 0.416 e. The zero-order valence-electron chi connectivity index (χ0n) is 14.6. The van der Waals surface area contributed by atoms with Crippen molar-refractivity contribution in [1.29, 1.82) is 0 Å². The second kappa shape index (κ2) is 6.37. The maximum Gasteiger partial charge on any atom is 0.416 e. The van der Waals surface area contributed by atoms with E-state index >= 15 is 0 Å². The molecule has 1 saturated carbocycles. The normalized spacial score (nSPS) is 14.4. The van der Waals surface area contributed by atoms with Crippen LogP contribution >= 0.6 is 0 Å². The van der Waals surface area contributed by atoms with Gasteiger partial charge in [-0.3, -0.25) is 0 Å². The van der Waals surface area contributed by atoms with Gasteiger partial charge in [-0.1, -0.05) is 36.4 Å². The van der Waals surface area contributed by atoms with Crippen LogP contribution in [0.3, 0.4) is 0 Å². The molecule has 6 heteroatoms. The number of hydrogen-bond acceptors (Lipinski definition) is 3. The van der Waals surface area contributed by atoms with E-state index < -0.39 is 11.7 Å². The van der Waals surface area contributed by atoms with E-state index in [1.54, 1.807) is 31.2 Å². The Balaban J connectivity index is 1.90. The third kappa shape index (κ3) is 3.39. The van der Waals surface area contributed by atoms with Gasteiger partial charge in [-0.2, -0.15) is 13.2 Å². The maximum absolute atomic E-state index is 13.2. The summed E-state index contributed by atoms with van der Waals surface area (Å²) in [5.74, 6) is 0.383. The van der Waals surface area contributed by atoms with Gasteiger partial charge >= 0.3 is 6.18 Å². The molecule has 0 aliphatic heterocycles. The van der Waals surface area contributed by atoms with Gasteiger partial charge in [-0.25, -0.2) is 0 Å². The van der Waals surface area contributed by atoms with Gasteiger partial charge in [0.05, 0.1) is 11.1 Å². The van der Waals surface area contributed by atoms with Crippen molar-refractivity contribution in [3.05, 3.63) is 59.7 Å². The van der Waals surface area contributed by atoms with Crippen molar-refractivity contribution in [2.24, 2.45) is 0 Å². The summed E-state index contributed by atoms with van der Waals surface area (Å²) < 4.78 is 45.5. The third-order valence-corrected chi connectivity index (χ3v) is 4.67. The van der Waals surface area contributed by atoms with Gasteiger partial charge in [0.2, 0.25) is 5.88 Å². The lowest BCUT2D eigenvalue weighted by Crippen LogP contribution is -2.06. The molecule has 3 aromatic rings. The Morgan fingerprint density at radius 2 is 1.78 bits per heavy atom. The zero-order chi connectivity index (χ0) is 19.2. The van der Waals surface area contributed by atoms with Crippen molar-refractivity contribution in [3.8, 4) is 28.2 Å². The number of benzene rings is 2. The van der Waals surface area contributed by atoms with Crippen LogP contribution in [0, 0.1) is 6.92 Å². The number of aromatic hydroxyl groups is 1. The van der Waals surface area contributed by atoms with Gasteiger partial charge in [0.1, 0.15) is 0 Å². The van der Waals surface area contributed by atoms with Crippen LogP contribution in [0.25, 0.3) is 22.5 Å². The number of halogens is 3. The van der Waals surface area contributed by atoms with Crippen LogP contribution in [0.4, 0.5) is 19.1 Å². The fraction of sp³-hybridized carbons (Fsp3) is 0.238. The molecule has 0 amide bonds. The number of nitrogens with one attached hydrogen (secondary N) is 1. The summed E-state index contributed by atoms with van der Waals surface area (Å²) >= 11 is 0. The number of aryl methyl sites for hydroxylation is 1. The predicted molar refractivity (Wildman–Crippen MR) is 97.6 cm³/mol. The Morgan fingerprint density at radius 3 is 2.41 bits per heavy atom. The van der Waals surface area contributed by atoms with Crippen molar-refractivity contribution in [2.45, 2.75) is 32.0 Å². The lowest BCUT2D eigenvalue weighted by Gasteiger charge is -2.12. The first kappa shape index (κ1) is 17.5. The Kier molecular flexibility index (Phi) is 4.13. The highest BCUT2D eigenvalue weighted by Gasteiger charge is 2.33. The van der Waals surface area contributed by atoms with Crippen LogP contribution < -0.4 is 5.32 Å². The summed E-state index contributed by atoms with van der Waals surface area (Å²) in [6, 6.07) is 12.7. The molecule has 4 rings (SSSR count). The van der Waals surface area contributed by atoms with E-state index in [2.05, 4.69) is 5.32 Å². The summed E-state index contributed by atoms with van der Waals surface area (Å²) in [5, 5.41) is 14.0. The molecule has 3 nitrogen and oxygen atoms in total. The Morgan fingerprint density at radius 1 is 1.07 bits per heavy atom. The fourth-order valence-electron chi connectivity index (χ4n) is 3.04. The molecular formula is C21H18F3NO2. The largest absolute Gasteiger partial charge is 0.504 e. The molecule has 27 heavy (non-hydrogen) atoms. The third-order valence-electron chi connectivity index (χ3n) is 4.67. The minimum Gasteiger partial charge on any atom is -0.504 e. The molecule has 1 aliphatic rings. The molecule has 0 radical (unpaired) electrons. The van der Waals surface area contributed by atoms with Gasteiger partial charge in [0, 0.05) is 11.6 Å². The van der Waals surface area contributed by atoms with Crippen LogP contribution in [0.15, 0.2) is 52.9 Å². The molecule has 1 aliphatic carbocycles. The summed E-state index contributed by atoms with van der Waals surface area (Å²) in [4.78, 5) is 0. The van der Waals surface area contributed by atoms with Gasteiger partial charge in [0.25, 0.3) is 0 Å². The molecule has 0 bridgehead atoms. The minimum atomic E-state index is -4.46. The molecule has 2 aromatic carbocycles. The van der Waals surface area contributed by atoms with Crippen LogP contribution in [-0.4, -0.2) is 11.1 Å². The first-order chi connectivity index (χ1) is 12.8. The standard InChI is InChI=1S/C21H18F3NO2/c1-12-7-8-14(21(22,23)24)11-16(12)17-18(26)19(13-5-3-2-4-6-13)27-20(17)25-15-9-10-15/h2-8,11,15,25-26H,9-10H2,1H3. The first-order valence-corrected chi connectivity index (χ1v) is 8.70. The highest BCUT2D eigenvalue weighted by molar-refractivity contribution is 5.89. The second-order valence-corrected chi connectivity index (χ2v) is 6.80. The van der Waals surface area contributed by atoms with Crippen LogP contribution in [0.1, 0.15) is 24.0 Å². The fourth-order valence-corrected chi connectivity index (χ4v) is 3.04. The van der Waals surface area contributed by atoms with Gasteiger partial charge in [-0.15, -0.1) is 0 Å². The summed E-state index contributed by atoms with van der Waals surface area (Å²) in [6.45, 7) is 1.71. The van der Waals surface area contributed by atoms with Gasteiger partial charge in [-0.05, 0) is 43.0 Å². The van der Waals surface area contributed by atoms with E-state index in [1.807, 2.05) is 6.07 Å². The molecule has 2 N–H and O–H groups in total. The topological polar surface area (TPSA) is 45.4 Å². The van der Waals surface area contributed by atoms with Crippen molar-refractivity contribution in [2.75, 3.05) is 5.32 Å². The molecular weight excluding hydrogens is 355 g/mol. The molecule has 1 fully saturated rings. The van der Waals surface area contributed by atoms with Crippen molar-refractivity contribution < 1.29 is 22.7 Å². The Bertz CT molecular complexity index is 973. The zero-order valence-corrected chi connectivity index (χ0v) is 14.6. The summed E-state index contributed by atoms with van der Waals surface area (Å²) in [7, 11) is 0. The van der Waals surface area contributed by atoms with E-state index in [0.29, 0.717) is 22.6 Å². The quantitative estimate of drug-likeness (QED) is 0.571. The highest BCUT2D eigenvalue weighted by atomic mass is 19.4. The van der Waals surface area contributed by atoms with Crippen molar-refractivity contribution in [3.63, 3.8) is 0 Å². The lowest BCUT2D eigenvalue weighted by molar-refractivity contribution is -0.137. The molecule has 0 saturated heterocycles. The van der Waals surface area contributed by atoms with Gasteiger partial charge in [0.15, 0.2) is 11.5 Å². The molecule has 0 spiro atoms. The van der Waals surface area contributed by atoms with E-state index in [9.17, 15) is 18.3 Å². The monoisotopic (exact) mass is 373 g/mol. The Hall–Kier alpha value is -2.89. The average molecular weight is 373 g/mol. The van der Waals surface area contributed by atoms with Gasteiger partial charge < -0.3 is 14.8 Å². The van der Waals surface area contributed by atoms with Crippen LogP contribution in [0.2, 0.25) is 0 Å². The predicted octanol–water partition coefficient (Wildman–Crippen LogP) is 6.22. The average Bonchev–Trinajstić information content (AvgIpc) is 3.38. The number of alkyl halides is 3. The molecule has 140 valence electrons. The maximum atomic E-state index is 13.2. The highest BCUT2D eigenvalue weighted by Crippen LogP contribution is 2.49. The molecule has 0 atom stereocenters. The van der Waals surface area contributed by atoms with E-state index in [-0.39, 0.29) is 23.1 Å². The summed E-state index contributed by atoms with van der Waals surface area (Å²) in [5.41, 5.74) is 1.09.